The summed E-state index contributed by atoms with van der Waals surface area (Å²) in [6, 6.07) is 8.95. The minimum absolute atomic E-state index is 0.0286. The highest BCUT2D eigenvalue weighted by Crippen LogP contribution is 2.12. The summed E-state index contributed by atoms with van der Waals surface area (Å²) in [7, 11) is 0. The molecule has 0 radical (unpaired) electrons. The fourth-order valence-electron chi connectivity index (χ4n) is 2.30. The SMILES string of the molecule is CCCC(=O)Nc1cccc(CNC(=O)CSCC(=O)Nc2cc(C)on2)c1. The number of carbonyl (C=O) groups excluding carboxylic acids is 3. The van der Waals surface area contributed by atoms with Crippen molar-refractivity contribution in [2.45, 2.75) is 33.2 Å². The number of amides is 3. The van der Waals surface area contributed by atoms with Crippen LogP contribution in [0.2, 0.25) is 0 Å². The highest BCUT2D eigenvalue weighted by Gasteiger charge is 2.09. The van der Waals surface area contributed by atoms with E-state index in [9.17, 15) is 14.4 Å². The first-order valence-corrected chi connectivity index (χ1v) is 10.1. The maximum Gasteiger partial charge on any atom is 0.235 e. The first-order chi connectivity index (χ1) is 13.5. The van der Waals surface area contributed by atoms with E-state index in [4.69, 9.17) is 4.52 Å². The Bertz CT molecular complexity index is 822. The molecule has 0 aliphatic heterocycles. The van der Waals surface area contributed by atoms with Crippen molar-refractivity contribution < 1.29 is 18.9 Å². The molecule has 28 heavy (non-hydrogen) atoms. The number of carbonyl (C=O) groups is 3. The van der Waals surface area contributed by atoms with Gasteiger partial charge in [0.05, 0.1) is 11.5 Å². The molecular formula is C19H24N4O4S. The van der Waals surface area contributed by atoms with Gasteiger partial charge in [0.25, 0.3) is 0 Å². The smallest absolute Gasteiger partial charge is 0.235 e. The second kappa shape index (κ2) is 11.1. The molecule has 3 amide bonds. The Balaban J connectivity index is 1.68. The van der Waals surface area contributed by atoms with Crippen LogP contribution in [0.25, 0.3) is 0 Å². The largest absolute Gasteiger partial charge is 0.360 e. The zero-order valence-electron chi connectivity index (χ0n) is 15.9. The first kappa shape index (κ1) is 21.5. The van der Waals surface area contributed by atoms with Crippen molar-refractivity contribution >= 4 is 41.0 Å². The normalized spacial score (nSPS) is 10.4. The van der Waals surface area contributed by atoms with Gasteiger partial charge in [0.1, 0.15) is 5.76 Å². The molecule has 150 valence electrons. The molecule has 0 aliphatic carbocycles. The summed E-state index contributed by atoms with van der Waals surface area (Å²) >= 11 is 1.21. The molecule has 0 saturated carbocycles. The molecule has 8 nitrogen and oxygen atoms in total. The monoisotopic (exact) mass is 404 g/mol. The zero-order chi connectivity index (χ0) is 20.4. The van der Waals surface area contributed by atoms with Crippen molar-refractivity contribution in [1.29, 1.82) is 0 Å². The number of benzene rings is 1. The molecule has 3 N–H and O–H groups in total. The zero-order valence-corrected chi connectivity index (χ0v) is 16.7. The second-order valence-electron chi connectivity index (χ2n) is 6.14. The van der Waals surface area contributed by atoms with Crippen LogP contribution in [0, 0.1) is 6.92 Å². The maximum absolute atomic E-state index is 11.9. The van der Waals surface area contributed by atoms with Crippen LogP contribution < -0.4 is 16.0 Å². The number of anilines is 2. The van der Waals surface area contributed by atoms with Crippen molar-refractivity contribution in [2.24, 2.45) is 0 Å². The van der Waals surface area contributed by atoms with E-state index in [1.54, 1.807) is 13.0 Å². The highest BCUT2D eigenvalue weighted by atomic mass is 32.2. The summed E-state index contributed by atoms with van der Waals surface area (Å²) in [4.78, 5) is 35.4. The Hall–Kier alpha value is -2.81. The summed E-state index contributed by atoms with van der Waals surface area (Å²) in [5.74, 6) is 0.822. The Labute approximate surface area is 167 Å². The third-order valence-electron chi connectivity index (χ3n) is 3.54. The summed E-state index contributed by atoms with van der Waals surface area (Å²) in [5, 5.41) is 11.9. The summed E-state index contributed by atoms with van der Waals surface area (Å²) in [5.41, 5.74) is 1.59. The molecule has 2 rings (SSSR count). The van der Waals surface area contributed by atoms with Crippen LogP contribution in [0.5, 0.6) is 0 Å². The molecule has 0 fully saturated rings. The van der Waals surface area contributed by atoms with Gasteiger partial charge in [-0.25, -0.2) is 0 Å². The lowest BCUT2D eigenvalue weighted by molar-refractivity contribution is -0.119. The predicted molar refractivity (Wildman–Crippen MR) is 109 cm³/mol. The first-order valence-electron chi connectivity index (χ1n) is 8.92. The Kier molecular flexibility index (Phi) is 8.54. The van der Waals surface area contributed by atoms with Gasteiger partial charge in [0.15, 0.2) is 5.82 Å². The van der Waals surface area contributed by atoms with Gasteiger partial charge in [0, 0.05) is 24.7 Å². The van der Waals surface area contributed by atoms with Gasteiger partial charge in [-0.1, -0.05) is 24.2 Å². The van der Waals surface area contributed by atoms with E-state index in [0.717, 1.165) is 12.0 Å². The molecule has 0 aliphatic rings. The van der Waals surface area contributed by atoms with Crippen molar-refractivity contribution in [3.05, 3.63) is 41.7 Å². The average Bonchev–Trinajstić information content (AvgIpc) is 3.05. The average molecular weight is 404 g/mol. The minimum Gasteiger partial charge on any atom is -0.360 e. The van der Waals surface area contributed by atoms with E-state index in [1.807, 2.05) is 31.2 Å². The number of hydrogen-bond donors (Lipinski definition) is 3. The molecule has 1 aromatic carbocycles. The molecule has 1 aromatic heterocycles. The predicted octanol–water partition coefficient (Wildman–Crippen LogP) is 2.71. The lowest BCUT2D eigenvalue weighted by Gasteiger charge is -2.08. The van der Waals surface area contributed by atoms with Gasteiger partial charge in [-0.15, -0.1) is 11.8 Å². The number of aromatic nitrogens is 1. The van der Waals surface area contributed by atoms with E-state index >= 15 is 0 Å². The van der Waals surface area contributed by atoms with E-state index in [0.29, 0.717) is 30.2 Å². The third-order valence-corrected chi connectivity index (χ3v) is 4.47. The Morgan fingerprint density at radius 2 is 1.86 bits per heavy atom. The number of thioether (sulfide) groups is 1. The number of nitrogens with one attached hydrogen (secondary N) is 3. The van der Waals surface area contributed by atoms with Crippen LogP contribution >= 0.6 is 11.8 Å². The van der Waals surface area contributed by atoms with Crippen LogP contribution in [0.15, 0.2) is 34.9 Å². The molecule has 0 bridgehead atoms. The molecule has 0 saturated heterocycles. The lowest BCUT2D eigenvalue weighted by atomic mass is 10.2. The Morgan fingerprint density at radius 1 is 1.07 bits per heavy atom. The van der Waals surface area contributed by atoms with Crippen LogP contribution in [0.3, 0.4) is 0 Å². The molecular weight excluding hydrogens is 380 g/mol. The molecule has 1 heterocycles. The molecule has 2 aromatic rings. The summed E-state index contributed by atoms with van der Waals surface area (Å²) in [6.45, 7) is 4.03. The van der Waals surface area contributed by atoms with Gasteiger partial charge in [-0.3, -0.25) is 14.4 Å². The second-order valence-corrected chi connectivity index (χ2v) is 7.12. The minimum atomic E-state index is -0.248. The van der Waals surface area contributed by atoms with Gasteiger partial charge in [0.2, 0.25) is 17.7 Å². The van der Waals surface area contributed by atoms with Gasteiger partial charge >= 0.3 is 0 Å². The Morgan fingerprint density at radius 3 is 2.57 bits per heavy atom. The number of rotatable bonds is 10. The van der Waals surface area contributed by atoms with Crippen molar-refractivity contribution in [1.82, 2.24) is 10.5 Å². The topological polar surface area (TPSA) is 113 Å². The molecule has 0 spiro atoms. The van der Waals surface area contributed by atoms with Gasteiger partial charge < -0.3 is 20.5 Å². The molecule has 0 atom stereocenters. The van der Waals surface area contributed by atoms with Crippen LogP contribution in [-0.4, -0.2) is 34.4 Å². The fourth-order valence-corrected chi connectivity index (χ4v) is 2.95. The van der Waals surface area contributed by atoms with Gasteiger partial charge in [-0.2, -0.15) is 0 Å². The number of nitrogens with zero attached hydrogens (tertiary/aromatic N) is 1. The highest BCUT2D eigenvalue weighted by molar-refractivity contribution is 8.00. The number of aryl methyl sites for hydroxylation is 1. The van der Waals surface area contributed by atoms with E-state index < -0.39 is 0 Å². The summed E-state index contributed by atoms with van der Waals surface area (Å²) in [6.07, 6.45) is 1.26. The standard InChI is InChI=1S/C19H24N4O4S/c1-3-5-17(24)21-15-7-4-6-14(9-15)10-20-18(25)11-28-12-19(26)22-16-8-13(2)27-23-16/h4,6-9H,3,5,10-12H2,1-2H3,(H,20,25)(H,21,24)(H,22,23,26). The quantitative estimate of drug-likeness (QED) is 0.561. The van der Waals surface area contributed by atoms with Crippen molar-refractivity contribution in [2.75, 3.05) is 22.1 Å². The summed E-state index contributed by atoms with van der Waals surface area (Å²) < 4.78 is 4.86. The fraction of sp³-hybridized carbons (Fsp3) is 0.368. The number of hydrogen-bond acceptors (Lipinski definition) is 6. The van der Waals surface area contributed by atoms with Crippen molar-refractivity contribution in [3.63, 3.8) is 0 Å². The van der Waals surface area contributed by atoms with Crippen molar-refractivity contribution in [3.8, 4) is 0 Å². The lowest BCUT2D eigenvalue weighted by Crippen LogP contribution is -2.25. The molecule has 9 heteroatoms. The van der Waals surface area contributed by atoms with E-state index in [-0.39, 0.29) is 29.2 Å². The maximum atomic E-state index is 11.9. The molecule has 0 unspecified atom stereocenters. The van der Waals surface area contributed by atoms with Crippen LogP contribution in [0.1, 0.15) is 31.1 Å². The van der Waals surface area contributed by atoms with Gasteiger partial charge in [-0.05, 0) is 31.0 Å². The van der Waals surface area contributed by atoms with Crippen LogP contribution in [0.4, 0.5) is 11.5 Å². The van der Waals surface area contributed by atoms with E-state index in [2.05, 4.69) is 21.1 Å². The van der Waals surface area contributed by atoms with Crippen LogP contribution in [-0.2, 0) is 20.9 Å². The van der Waals surface area contributed by atoms with E-state index in [1.165, 1.54) is 11.8 Å². The third kappa shape index (κ3) is 7.83.